The summed E-state index contributed by atoms with van der Waals surface area (Å²) in [7, 11) is 0. The van der Waals surface area contributed by atoms with Crippen molar-refractivity contribution in [3.05, 3.63) is 0 Å². The van der Waals surface area contributed by atoms with Crippen LogP contribution in [0.25, 0.3) is 0 Å². The quantitative estimate of drug-likeness (QED) is 0.187. The second-order valence-corrected chi connectivity index (χ2v) is 8.26. The minimum atomic E-state index is -1.14. The number of esters is 1. The van der Waals surface area contributed by atoms with Crippen LogP contribution in [0.4, 0.5) is 0 Å². The number of nitrogens with zero attached hydrogens (tertiary/aromatic N) is 2. The predicted octanol–water partition coefficient (Wildman–Crippen LogP) is 0.479. The second kappa shape index (κ2) is 10.2. The van der Waals surface area contributed by atoms with Crippen LogP contribution < -0.4 is 0 Å². The number of hydrogen-bond acceptors (Lipinski definition) is 8. The van der Waals surface area contributed by atoms with Crippen LogP contribution in [0.3, 0.4) is 0 Å². The van der Waals surface area contributed by atoms with Gasteiger partial charge in [0.1, 0.15) is 6.61 Å². The van der Waals surface area contributed by atoms with E-state index in [0.717, 1.165) is 4.90 Å². The lowest BCUT2D eigenvalue weighted by Crippen LogP contribution is -2.54. The van der Waals surface area contributed by atoms with E-state index in [2.05, 4.69) is 11.1 Å². The Labute approximate surface area is 181 Å². The number of hydrogen-bond donors (Lipinski definition) is 2. The van der Waals surface area contributed by atoms with Crippen LogP contribution in [0.1, 0.15) is 45.4 Å². The second-order valence-electron chi connectivity index (χ2n) is 8.26. The van der Waals surface area contributed by atoms with Crippen LogP contribution in [-0.2, 0) is 24.0 Å². The number of ether oxygens (including phenoxy) is 1. The lowest BCUT2D eigenvalue weighted by atomic mass is 9.60. The SMILES string of the molecule is C#CCCCO/N=C1\C[C@@H](O)[C@@H](O)[C@@H]2[C@@H]3C(=O)N(CCC(=O)OCC)C(=O)[C@@H]3CC[C@H]12. The molecule has 0 spiro atoms. The molecule has 0 aromatic rings. The van der Waals surface area contributed by atoms with Gasteiger partial charge in [0.15, 0.2) is 0 Å². The zero-order chi connectivity index (χ0) is 22.5. The standard InChI is InChI=1S/C22H30N2O7/c1-3-5-6-11-31-23-15-12-16(25)20(27)18-13(15)7-8-14-19(18)22(29)24(21(14)28)10-9-17(26)30-4-2/h1,13-14,16,18-20,25,27H,4-12H2,2H3/b23-15+/t13-,14-,16-,18+,19-,20-/m1/s1. The van der Waals surface area contributed by atoms with Gasteiger partial charge >= 0.3 is 5.97 Å². The van der Waals surface area contributed by atoms with Gasteiger partial charge in [0.2, 0.25) is 11.8 Å². The number of imide groups is 1. The number of aliphatic hydroxyl groups excluding tert-OH is 2. The Morgan fingerprint density at radius 1 is 1.26 bits per heavy atom. The molecule has 2 aliphatic carbocycles. The number of likely N-dealkylation sites (tertiary alicyclic amines) is 1. The molecule has 2 saturated carbocycles. The molecule has 9 heteroatoms. The molecule has 0 aromatic heterocycles. The van der Waals surface area contributed by atoms with E-state index in [9.17, 15) is 24.6 Å². The summed E-state index contributed by atoms with van der Waals surface area (Å²) in [5, 5.41) is 25.3. The zero-order valence-electron chi connectivity index (χ0n) is 17.7. The van der Waals surface area contributed by atoms with Crippen molar-refractivity contribution < 1.29 is 34.2 Å². The fourth-order valence-electron chi connectivity index (χ4n) is 5.06. The summed E-state index contributed by atoms with van der Waals surface area (Å²) in [5.74, 6) is -0.868. The fourth-order valence-corrected chi connectivity index (χ4v) is 5.06. The maximum atomic E-state index is 13.1. The molecule has 1 heterocycles. The molecular formula is C22H30N2O7. The molecule has 0 bridgehead atoms. The molecule has 0 unspecified atom stereocenters. The van der Waals surface area contributed by atoms with Crippen molar-refractivity contribution in [3.63, 3.8) is 0 Å². The van der Waals surface area contributed by atoms with Gasteiger partial charge < -0.3 is 19.8 Å². The number of terminal acetylenes is 1. The van der Waals surface area contributed by atoms with Crippen LogP contribution in [-0.4, -0.2) is 70.6 Å². The summed E-state index contributed by atoms with van der Waals surface area (Å²) in [6, 6.07) is 0. The average molecular weight is 434 g/mol. The third kappa shape index (κ3) is 4.75. The third-order valence-corrected chi connectivity index (χ3v) is 6.45. The largest absolute Gasteiger partial charge is 0.466 e. The number of amides is 2. The highest BCUT2D eigenvalue weighted by atomic mass is 16.6. The van der Waals surface area contributed by atoms with E-state index < -0.39 is 41.8 Å². The van der Waals surface area contributed by atoms with E-state index in [4.69, 9.17) is 16.0 Å². The average Bonchev–Trinajstić information content (AvgIpc) is 2.99. The smallest absolute Gasteiger partial charge is 0.307 e. The molecule has 1 saturated heterocycles. The number of fused-ring (bicyclic) bond motifs is 3. The van der Waals surface area contributed by atoms with Gasteiger partial charge in [-0.05, 0) is 26.2 Å². The van der Waals surface area contributed by atoms with E-state index in [0.29, 0.717) is 38.0 Å². The molecule has 0 radical (unpaired) electrons. The summed E-state index contributed by atoms with van der Waals surface area (Å²) in [6.07, 6.45) is 5.34. The molecule has 1 aliphatic heterocycles. The monoisotopic (exact) mass is 434 g/mol. The number of aliphatic hydroxyl groups is 2. The lowest BCUT2D eigenvalue weighted by molar-refractivity contribution is -0.145. The third-order valence-electron chi connectivity index (χ3n) is 6.45. The van der Waals surface area contributed by atoms with E-state index in [1.165, 1.54) is 0 Å². The number of carbonyl (C=O) groups is 3. The molecule has 2 amide bonds. The van der Waals surface area contributed by atoms with Gasteiger partial charge in [0.05, 0.1) is 42.8 Å². The van der Waals surface area contributed by atoms with Crippen LogP contribution >= 0.6 is 0 Å². The first-order chi connectivity index (χ1) is 14.9. The number of oxime groups is 1. The maximum absolute atomic E-state index is 13.1. The lowest BCUT2D eigenvalue weighted by Gasteiger charge is -2.45. The first-order valence-corrected chi connectivity index (χ1v) is 10.9. The number of unbranched alkanes of at least 4 members (excludes halogenated alkanes) is 1. The van der Waals surface area contributed by atoms with Crippen molar-refractivity contribution in [2.75, 3.05) is 19.8 Å². The van der Waals surface area contributed by atoms with Gasteiger partial charge in [-0.15, -0.1) is 12.3 Å². The molecule has 9 nitrogen and oxygen atoms in total. The topological polar surface area (TPSA) is 126 Å². The molecule has 6 atom stereocenters. The summed E-state index contributed by atoms with van der Waals surface area (Å²) < 4.78 is 4.88. The van der Waals surface area contributed by atoms with Gasteiger partial charge in [-0.3, -0.25) is 19.3 Å². The van der Waals surface area contributed by atoms with Gasteiger partial charge in [-0.1, -0.05) is 5.16 Å². The van der Waals surface area contributed by atoms with Crippen molar-refractivity contribution in [1.82, 2.24) is 4.90 Å². The minimum Gasteiger partial charge on any atom is -0.466 e. The number of carbonyl (C=O) groups excluding carboxylic acids is 3. The molecule has 31 heavy (non-hydrogen) atoms. The van der Waals surface area contributed by atoms with E-state index >= 15 is 0 Å². The highest BCUT2D eigenvalue weighted by Crippen LogP contribution is 2.49. The van der Waals surface area contributed by atoms with Crippen LogP contribution in [0.5, 0.6) is 0 Å². The van der Waals surface area contributed by atoms with Crippen molar-refractivity contribution in [3.8, 4) is 12.3 Å². The Morgan fingerprint density at radius 2 is 2.00 bits per heavy atom. The molecule has 3 rings (SSSR count). The first-order valence-electron chi connectivity index (χ1n) is 10.9. The Hall–Kier alpha value is -2.44. The highest BCUT2D eigenvalue weighted by molar-refractivity contribution is 6.06. The molecular weight excluding hydrogens is 404 g/mol. The molecule has 0 aromatic carbocycles. The van der Waals surface area contributed by atoms with E-state index in [-0.39, 0.29) is 37.8 Å². The van der Waals surface area contributed by atoms with Gasteiger partial charge in [-0.25, -0.2) is 0 Å². The van der Waals surface area contributed by atoms with Crippen LogP contribution in [0, 0.1) is 36.0 Å². The summed E-state index contributed by atoms with van der Waals surface area (Å²) in [5.41, 5.74) is 0.604. The summed E-state index contributed by atoms with van der Waals surface area (Å²) in [6.45, 7) is 2.22. The summed E-state index contributed by atoms with van der Waals surface area (Å²) in [4.78, 5) is 44.2. The highest BCUT2D eigenvalue weighted by Gasteiger charge is 2.59. The molecule has 170 valence electrons. The molecule has 3 fully saturated rings. The van der Waals surface area contributed by atoms with E-state index in [1.54, 1.807) is 6.92 Å². The Bertz CT molecular complexity index is 774. The maximum Gasteiger partial charge on any atom is 0.307 e. The Kier molecular flexibility index (Phi) is 7.68. The molecule has 2 N–H and O–H groups in total. The normalized spacial score (nSPS) is 33.6. The minimum absolute atomic E-state index is 0.0429. The van der Waals surface area contributed by atoms with Gasteiger partial charge in [-0.2, -0.15) is 0 Å². The van der Waals surface area contributed by atoms with Crippen LogP contribution in [0.15, 0.2) is 5.16 Å². The zero-order valence-corrected chi connectivity index (χ0v) is 17.7. The molecule has 3 aliphatic rings. The van der Waals surface area contributed by atoms with Crippen molar-refractivity contribution >= 4 is 23.5 Å². The number of rotatable bonds is 8. The Balaban J connectivity index is 1.75. The van der Waals surface area contributed by atoms with Crippen molar-refractivity contribution in [2.24, 2.45) is 28.8 Å². The van der Waals surface area contributed by atoms with Crippen molar-refractivity contribution in [1.29, 1.82) is 0 Å². The summed E-state index contributed by atoms with van der Waals surface area (Å²) >= 11 is 0. The van der Waals surface area contributed by atoms with Gasteiger partial charge in [0.25, 0.3) is 0 Å². The fraction of sp³-hybridized carbons (Fsp3) is 0.727. The first kappa shape index (κ1) is 23.2. The Morgan fingerprint density at radius 3 is 2.71 bits per heavy atom. The van der Waals surface area contributed by atoms with E-state index in [1.807, 2.05) is 0 Å². The van der Waals surface area contributed by atoms with Gasteiger partial charge in [0, 0.05) is 31.2 Å². The van der Waals surface area contributed by atoms with Crippen LogP contribution in [0.2, 0.25) is 0 Å². The predicted molar refractivity (Wildman–Crippen MR) is 109 cm³/mol. The van der Waals surface area contributed by atoms with Crippen molar-refractivity contribution in [2.45, 2.75) is 57.7 Å².